The van der Waals surface area contributed by atoms with Gasteiger partial charge < -0.3 is 14.2 Å². The Bertz CT molecular complexity index is 1570. The molecule has 0 radical (unpaired) electrons. The molecule has 0 saturated carbocycles. The highest BCUT2D eigenvalue weighted by molar-refractivity contribution is 14.1. The molecule has 3 aromatic carbocycles. The Labute approximate surface area is 243 Å². The highest BCUT2D eigenvalue weighted by atomic mass is 127. The first-order valence-electron chi connectivity index (χ1n) is 10.2. The van der Waals surface area contributed by atoms with E-state index in [1.54, 1.807) is 18.2 Å². The van der Waals surface area contributed by atoms with E-state index in [1.165, 1.54) is 18.9 Å². The quantitative estimate of drug-likeness (QED) is 0.110. The number of ether oxygens (including phenoxy) is 1. The number of carbonyl (C=O) groups is 1. The molecule has 1 saturated heterocycles. The fourth-order valence-electron chi connectivity index (χ4n) is 3.08. The van der Waals surface area contributed by atoms with E-state index in [1.807, 2.05) is 46.9 Å². The van der Waals surface area contributed by atoms with Crippen LogP contribution in [0.2, 0.25) is 0 Å². The van der Waals surface area contributed by atoms with E-state index in [9.17, 15) is 23.3 Å². The van der Waals surface area contributed by atoms with Crippen LogP contribution in [-0.4, -0.2) is 31.5 Å². The molecule has 1 fully saturated rings. The predicted molar refractivity (Wildman–Crippen MR) is 157 cm³/mol. The minimum absolute atomic E-state index is 0.0481. The number of amidine groups is 1. The van der Waals surface area contributed by atoms with Crippen LogP contribution in [0, 0.1) is 17.3 Å². The number of rotatable bonds is 7. The van der Waals surface area contributed by atoms with Crippen LogP contribution in [0.5, 0.6) is 11.5 Å². The molecule has 3 aromatic rings. The van der Waals surface area contributed by atoms with Gasteiger partial charge in [-0.15, -0.1) is 0 Å². The number of halogens is 2. The summed E-state index contributed by atoms with van der Waals surface area (Å²) in [5.74, 6) is -0.238. The van der Waals surface area contributed by atoms with E-state index in [-0.39, 0.29) is 28.0 Å². The third kappa shape index (κ3) is 6.42. The van der Waals surface area contributed by atoms with Gasteiger partial charge in [-0.25, -0.2) is 4.99 Å². The number of aliphatic imine (C=N–C) groups is 1. The maximum atomic E-state index is 12.8. The molecule has 0 unspecified atom stereocenters. The fourth-order valence-corrected chi connectivity index (χ4v) is 6.26. The molecule has 10 nitrogen and oxygen atoms in total. The first kappa shape index (κ1) is 27.3. The third-order valence-electron chi connectivity index (χ3n) is 4.80. The maximum Gasteiger partial charge on any atom is 0.339 e. The maximum absolute atomic E-state index is 12.8. The molecule has 4 rings (SSSR count). The zero-order valence-corrected chi connectivity index (χ0v) is 24.6. The summed E-state index contributed by atoms with van der Waals surface area (Å²) in [6, 6.07) is 15.0. The number of thioether (sulfide) groups is 1. The van der Waals surface area contributed by atoms with Crippen LogP contribution in [0.4, 0.5) is 11.4 Å². The molecule has 0 atom stereocenters. The topological polar surface area (TPSA) is 137 Å². The number of para-hydroxylation sites is 1. The molecule has 1 aliphatic rings. The van der Waals surface area contributed by atoms with Crippen LogP contribution in [0.1, 0.15) is 5.56 Å². The predicted octanol–water partition coefficient (Wildman–Crippen LogP) is 5.47. The summed E-state index contributed by atoms with van der Waals surface area (Å²) in [6.07, 6.45) is 1.64. The first-order valence-corrected chi connectivity index (χ1v) is 14.6. The molecule has 1 aliphatic heterocycles. The third-order valence-corrected chi connectivity index (χ3v) is 8.66. The van der Waals surface area contributed by atoms with Gasteiger partial charge in [-0.05, 0) is 105 Å². The molecule has 0 aromatic heterocycles. The minimum Gasteiger partial charge on any atom is -0.493 e. The van der Waals surface area contributed by atoms with Crippen LogP contribution >= 0.6 is 56.9 Å². The summed E-state index contributed by atoms with van der Waals surface area (Å²) in [5.41, 5.74) is 1.07. The highest BCUT2D eigenvalue weighted by Crippen LogP contribution is 2.38. The van der Waals surface area contributed by atoms with E-state index in [4.69, 9.17) is 8.92 Å². The van der Waals surface area contributed by atoms with E-state index in [0.717, 1.165) is 33.5 Å². The van der Waals surface area contributed by atoms with Crippen molar-refractivity contribution in [2.45, 2.75) is 4.90 Å². The summed E-state index contributed by atoms with van der Waals surface area (Å²) < 4.78 is 37.6. The lowest BCUT2D eigenvalue weighted by molar-refractivity contribution is -0.384. The number of hydrogen-bond donors (Lipinski definition) is 1. The second kappa shape index (κ2) is 11.4. The fraction of sp³-hybridized carbons (Fsp3) is 0.0435. The van der Waals surface area contributed by atoms with Crippen molar-refractivity contribution in [3.05, 3.63) is 88.4 Å². The smallest absolute Gasteiger partial charge is 0.339 e. The SMILES string of the molecule is COc1cc(/C=C2/SC(=Nc3ccccc3I)NC2=O)cc(I)c1OS(=O)(=O)c1ccc([N+](=O)[O-])cc1. The lowest BCUT2D eigenvalue weighted by Crippen LogP contribution is -2.19. The van der Waals surface area contributed by atoms with Crippen molar-refractivity contribution in [2.24, 2.45) is 4.99 Å². The number of methoxy groups -OCH3 is 1. The summed E-state index contributed by atoms with van der Waals surface area (Å²) in [5, 5.41) is 14.0. The highest BCUT2D eigenvalue weighted by Gasteiger charge is 2.26. The van der Waals surface area contributed by atoms with Gasteiger partial charge >= 0.3 is 10.1 Å². The number of nitro benzene ring substituents is 1. The zero-order valence-electron chi connectivity index (χ0n) is 18.7. The lowest BCUT2D eigenvalue weighted by Gasteiger charge is -2.13. The number of carbonyl (C=O) groups excluding carboxylic acids is 1. The van der Waals surface area contributed by atoms with Gasteiger partial charge in [0.15, 0.2) is 16.7 Å². The number of amides is 1. The van der Waals surface area contributed by atoms with E-state index in [0.29, 0.717) is 19.2 Å². The Hall–Kier alpha value is -2.70. The standard InChI is InChI=1S/C23H15I2N3O7S2/c1-34-19-11-13(12-20-22(29)27-23(36-20)26-18-5-3-2-4-16(18)24)10-17(25)21(19)35-37(32,33)15-8-6-14(7-9-15)28(30)31/h2-12H,1H3,(H,26,27,29)/b20-12+. The lowest BCUT2D eigenvalue weighted by atomic mass is 10.2. The van der Waals surface area contributed by atoms with Gasteiger partial charge in [0.1, 0.15) is 4.90 Å². The number of nitro groups is 1. The second-order valence-corrected chi connectivity index (χ2v) is 12.2. The average Bonchev–Trinajstić information content (AvgIpc) is 3.20. The monoisotopic (exact) mass is 763 g/mol. The summed E-state index contributed by atoms with van der Waals surface area (Å²) in [4.78, 5) is 27.4. The first-order chi connectivity index (χ1) is 17.6. The summed E-state index contributed by atoms with van der Waals surface area (Å²) >= 11 is 5.25. The minimum atomic E-state index is -4.30. The molecule has 1 heterocycles. The van der Waals surface area contributed by atoms with Gasteiger partial charge in [-0.2, -0.15) is 8.42 Å². The molecule has 14 heteroatoms. The number of non-ortho nitro benzene ring substituents is 1. The summed E-state index contributed by atoms with van der Waals surface area (Å²) in [7, 11) is -2.94. The molecule has 0 spiro atoms. The normalized spacial score (nSPS) is 15.6. The number of hydrogen-bond acceptors (Lipinski definition) is 9. The van der Waals surface area contributed by atoms with Crippen molar-refractivity contribution < 1.29 is 27.1 Å². The van der Waals surface area contributed by atoms with Crippen LogP contribution in [0.15, 0.2) is 75.5 Å². The van der Waals surface area contributed by atoms with E-state index >= 15 is 0 Å². The van der Waals surface area contributed by atoms with Gasteiger partial charge in [0.05, 0.1) is 26.2 Å². The molecule has 0 bridgehead atoms. The van der Waals surface area contributed by atoms with Crippen molar-refractivity contribution in [2.75, 3.05) is 7.11 Å². The van der Waals surface area contributed by atoms with Crippen molar-refractivity contribution in [3.8, 4) is 11.5 Å². The van der Waals surface area contributed by atoms with Crippen molar-refractivity contribution in [1.82, 2.24) is 5.32 Å². The second-order valence-electron chi connectivity index (χ2n) is 7.26. The van der Waals surface area contributed by atoms with Crippen LogP contribution in [-0.2, 0) is 14.9 Å². The van der Waals surface area contributed by atoms with E-state index < -0.39 is 15.0 Å². The molecule has 1 N–H and O–H groups in total. The molecule has 190 valence electrons. The van der Waals surface area contributed by atoms with E-state index in [2.05, 4.69) is 32.9 Å². The van der Waals surface area contributed by atoms with Crippen molar-refractivity contribution in [1.29, 1.82) is 0 Å². The van der Waals surface area contributed by atoms with Gasteiger partial charge in [0, 0.05) is 15.7 Å². The zero-order chi connectivity index (χ0) is 26.7. The molecular weight excluding hydrogens is 748 g/mol. The van der Waals surface area contributed by atoms with Crippen LogP contribution in [0.25, 0.3) is 6.08 Å². The average molecular weight is 763 g/mol. The Morgan fingerprint density at radius 1 is 1.08 bits per heavy atom. The molecule has 0 aliphatic carbocycles. The Kier molecular flexibility index (Phi) is 8.39. The molecule has 37 heavy (non-hydrogen) atoms. The largest absolute Gasteiger partial charge is 0.493 e. The number of benzene rings is 3. The van der Waals surface area contributed by atoms with Gasteiger partial charge in [-0.1, -0.05) is 12.1 Å². The van der Waals surface area contributed by atoms with Crippen LogP contribution in [0.3, 0.4) is 0 Å². The molecule has 1 amide bonds. The van der Waals surface area contributed by atoms with Crippen molar-refractivity contribution >= 4 is 95.6 Å². The Balaban J connectivity index is 1.60. The van der Waals surface area contributed by atoms with Gasteiger partial charge in [-0.3, -0.25) is 14.9 Å². The Morgan fingerprint density at radius 3 is 2.43 bits per heavy atom. The summed E-state index contributed by atoms with van der Waals surface area (Å²) in [6.45, 7) is 0. The number of nitrogens with zero attached hydrogens (tertiary/aromatic N) is 2. The van der Waals surface area contributed by atoms with Crippen LogP contribution < -0.4 is 14.2 Å². The van der Waals surface area contributed by atoms with Gasteiger partial charge in [0.2, 0.25) is 0 Å². The van der Waals surface area contributed by atoms with Gasteiger partial charge in [0.25, 0.3) is 11.6 Å². The van der Waals surface area contributed by atoms with Crippen molar-refractivity contribution in [3.63, 3.8) is 0 Å². The Morgan fingerprint density at radius 2 is 1.78 bits per heavy atom. The number of nitrogens with one attached hydrogen (secondary N) is 1. The molecular formula is C23H15I2N3O7S2.